The molecule has 3 N–H and O–H groups in total. The van der Waals surface area contributed by atoms with Gasteiger partial charge in [-0.1, -0.05) is 0 Å². The number of anilines is 3. The number of hydrogen-bond acceptors (Lipinski definition) is 5. The largest absolute Gasteiger partial charge is 0.368 e. The quantitative estimate of drug-likeness (QED) is 0.518. The van der Waals surface area contributed by atoms with Gasteiger partial charge in [0.25, 0.3) is 0 Å². The zero-order valence-electron chi connectivity index (χ0n) is 15.4. The molecule has 1 aliphatic rings. The first-order chi connectivity index (χ1) is 13.4. The molecule has 2 heterocycles. The second-order valence-corrected chi connectivity index (χ2v) is 6.38. The van der Waals surface area contributed by atoms with Crippen molar-refractivity contribution < 1.29 is 18.0 Å². The summed E-state index contributed by atoms with van der Waals surface area (Å²) in [5.41, 5.74) is -0.439. The third-order valence-corrected chi connectivity index (χ3v) is 4.25. The first-order valence-corrected chi connectivity index (χ1v) is 8.97. The Morgan fingerprint density at radius 2 is 1.86 bits per heavy atom. The number of aryl methyl sites for hydroxylation is 1. The van der Waals surface area contributed by atoms with E-state index >= 15 is 0 Å². The minimum absolute atomic E-state index is 0.208. The van der Waals surface area contributed by atoms with Gasteiger partial charge in [0.2, 0.25) is 0 Å². The van der Waals surface area contributed by atoms with E-state index in [-0.39, 0.29) is 6.54 Å². The number of urea groups is 1. The predicted octanol–water partition coefficient (Wildman–Crippen LogP) is 3.04. The van der Waals surface area contributed by atoms with Crippen LogP contribution in [-0.4, -0.2) is 42.2 Å². The van der Waals surface area contributed by atoms with Crippen LogP contribution in [-0.2, 0) is 0 Å². The number of nitrogens with zero attached hydrogens (tertiary/aromatic N) is 3. The summed E-state index contributed by atoms with van der Waals surface area (Å²) in [4.78, 5) is 22.7. The van der Waals surface area contributed by atoms with Crippen molar-refractivity contribution in [3.63, 3.8) is 0 Å². The molecule has 0 spiro atoms. The van der Waals surface area contributed by atoms with Crippen LogP contribution in [0.5, 0.6) is 0 Å². The number of carbonyl (C=O) groups is 1. The Morgan fingerprint density at radius 3 is 2.61 bits per heavy atom. The average molecular weight is 394 g/mol. The molecule has 0 saturated carbocycles. The summed E-state index contributed by atoms with van der Waals surface area (Å²) >= 11 is 0. The van der Waals surface area contributed by atoms with Crippen molar-refractivity contribution >= 4 is 23.4 Å². The molecule has 7 nitrogen and oxygen atoms in total. The Bertz CT molecular complexity index is 857. The van der Waals surface area contributed by atoms with Gasteiger partial charge in [-0.15, -0.1) is 0 Å². The number of aromatic nitrogens is 2. The summed E-state index contributed by atoms with van der Waals surface area (Å²) in [7, 11) is 0. The van der Waals surface area contributed by atoms with E-state index < -0.39 is 29.2 Å². The molecular formula is C18H21F3N6O. The van der Waals surface area contributed by atoms with Crippen LogP contribution >= 0.6 is 0 Å². The Labute approximate surface area is 160 Å². The van der Waals surface area contributed by atoms with Crippen molar-refractivity contribution in [1.82, 2.24) is 15.3 Å². The fourth-order valence-corrected chi connectivity index (χ4v) is 2.91. The zero-order valence-corrected chi connectivity index (χ0v) is 15.4. The van der Waals surface area contributed by atoms with Gasteiger partial charge >= 0.3 is 6.03 Å². The lowest BCUT2D eigenvalue weighted by Crippen LogP contribution is -2.33. The molecule has 0 aliphatic carbocycles. The first-order valence-electron chi connectivity index (χ1n) is 8.97. The summed E-state index contributed by atoms with van der Waals surface area (Å²) in [5, 5.41) is 7.73. The molecule has 1 aromatic carbocycles. The van der Waals surface area contributed by atoms with E-state index in [1.165, 1.54) is 0 Å². The molecular weight excluding hydrogens is 373 g/mol. The van der Waals surface area contributed by atoms with Crippen molar-refractivity contribution in [2.45, 2.75) is 19.8 Å². The molecule has 1 aliphatic heterocycles. The minimum atomic E-state index is -1.63. The number of rotatable bonds is 6. The molecule has 1 saturated heterocycles. The normalized spacial score (nSPS) is 13.5. The van der Waals surface area contributed by atoms with Gasteiger partial charge in [-0.05, 0) is 31.9 Å². The van der Waals surface area contributed by atoms with Crippen molar-refractivity contribution in [2.24, 2.45) is 0 Å². The highest BCUT2D eigenvalue weighted by molar-refractivity contribution is 5.89. The Kier molecular flexibility index (Phi) is 6.17. The van der Waals surface area contributed by atoms with Gasteiger partial charge in [0.15, 0.2) is 17.5 Å². The number of benzene rings is 1. The second-order valence-electron chi connectivity index (χ2n) is 6.38. The third kappa shape index (κ3) is 4.81. The van der Waals surface area contributed by atoms with Gasteiger partial charge in [0, 0.05) is 32.2 Å². The molecule has 2 amide bonds. The van der Waals surface area contributed by atoms with E-state index in [2.05, 4.69) is 30.8 Å². The van der Waals surface area contributed by atoms with Crippen LogP contribution in [0.3, 0.4) is 0 Å². The molecule has 0 unspecified atom stereocenters. The maximum Gasteiger partial charge on any atom is 0.319 e. The molecule has 2 aromatic rings. The van der Waals surface area contributed by atoms with E-state index in [1.54, 1.807) is 0 Å². The van der Waals surface area contributed by atoms with Crippen molar-refractivity contribution in [2.75, 3.05) is 41.7 Å². The number of carbonyl (C=O) groups excluding carboxylic acids is 1. The standard InChI is InChI=1S/C18H21F3N6O/c1-11-24-14(10-15(25-11)27-8-2-3-9-27)22-6-7-23-18(28)26-13-5-4-12(19)16(20)17(13)21/h4-5,10H,2-3,6-9H2,1H3,(H,22,24,25)(H2,23,26,28). The van der Waals surface area contributed by atoms with Gasteiger partial charge in [0.05, 0.1) is 5.69 Å². The third-order valence-electron chi connectivity index (χ3n) is 4.25. The summed E-state index contributed by atoms with van der Waals surface area (Å²) in [6.07, 6.45) is 2.28. The lowest BCUT2D eigenvalue weighted by molar-refractivity contribution is 0.252. The van der Waals surface area contributed by atoms with Gasteiger partial charge in [-0.3, -0.25) is 0 Å². The molecule has 0 atom stereocenters. The SMILES string of the molecule is Cc1nc(NCCNC(=O)Nc2ccc(F)c(F)c2F)cc(N2CCCC2)n1. The zero-order chi connectivity index (χ0) is 20.1. The highest BCUT2D eigenvalue weighted by atomic mass is 19.2. The van der Waals surface area contributed by atoms with Crippen LogP contribution in [0.2, 0.25) is 0 Å². The maximum atomic E-state index is 13.5. The molecule has 1 fully saturated rings. The van der Waals surface area contributed by atoms with Gasteiger partial charge in [-0.25, -0.2) is 27.9 Å². The molecule has 28 heavy (non-hydrogen) atoms. The van der Waals surface area contributed by atoms with Crippen LogP contribution in [0.4, 0.5) is 35.3 Å². The van der Waals surface area contributed by atoms with Crippen LogP contribution < -0.4 is 20.9 Å². The summed E-state index contributed by atoms with van der Waals surface area (Å²) < 4.78 is 39.6. The van der Waals surface area contributed by atoms with Gasteiger partial charge < -0.3 is 20.9 Å². The fraction of sp³-hybridized carbons (Fsp3) is 0.389. The summed E-state index contributed by atoms with van der Waals surface area (Å²) in [6, 6.07) is 2.82. The predicted molar refractivity (Wildman–Crippen MR) is 100 cm³/mol. The lowest BCUT2D eigenvalue weighted by atomic mass is 10.3. The van der Waals surface area contributed by atoms with Gasteiger partial charge in [0.1, 0.15) is 17.5 Å². The van der Waals surface area contributed by atoms with E-state index in [4.69, 9.17) is 0 Å². The molecule has 3 rings (SSSR count). The highest BCUT2D eigenvalue weighted by Gasteiger charge is 2.16. The van der Waals surface area contributed by atoms with Crippen LogP contribution in [0.25, 0.3) is 0 Å². The van der Waals surface area contributed by atoms with Crippen LogP contribution in [0, 0.1) is 24.4 Å². The van der Waals surface area contributed by atoms with Crippen molar-refractivity contribution in [3.05, 3.63) is 41.5 Å². The summed E-state index contributed by atoms with van der Waals surface area (Å²) in [6.45, 7) is 4.33. The van der Waals surface area contributed by atoms with Crippen LogP contribution in [0.1, 0.15) is 18.7 Å². The van der Waals surface area contributed by atoms with Crippen molar-refractivity contribution in [3.8, 4) is 0 Å². The summed E-state index contributed by atoms with van der Waals surface area (Å²) in [5.74, 6) is -2.24. The minimum Gasteiger partial charge on any atom is -0.368 e. The maximum absolute atomic E-state index is 13.5. The number of hydrogen-bond donors (Lipinski definition) is 3. The van der Waals surface area contributed by atoms with E-state index in [9.17, 15) is 18.0 Å². The highest BCUT2D eigenvalue weighted by Crippen LogP contribution is 2.21. The number of nitrogens with one attached hydrogen (secondary N) is 3. The monoisotopic (exact) mass is 394 g/mol. The molecule has 150 valence electrons. The number of amides is 2. The first kappa shape index (κ1) is 19.7. The molecule has 0 radical (unpaired) electrons. The Hall–Kier alpha value is -3.04. The van der Waals surface area contributed by atoms with E-state index in [0.29, 0.717) is 18.2 Å². The molecule has 1 aromatic heterocycles. The Morgan fingerprint density at radius 1 is 1.11 bits per heavy atom. The Balaban J connectivity index is 1.48. The topological polar surface area (TPSA) is 82.2 Å². The smallest absolute Gasteiger partial charge is 0.319 e. The second kappa shape index (κ2) is 8.77. The van der Waals surface area contributed by atoms with E-state index in [1.807, 2.05) is 13.0 Å². The van der Waals surface area contributed by atoms with Crippen LogP contribution in [0.15, 0.2) is 18.2 Å². The average Bonchev–Trinajstić information content (AvgIpc) is 3.20. The fourth-order valence-electron chi connectivity index (χ4n) is 2.91. The molecule has 0 bridgehead atoms. The molecule has 10 heteroatoms. The van der Waals surface area contributed by atoms with E-state index in [0.717, 1.165) is 43.9 Å². The van der Waals surface area contributed by atoms with Gasteiger partial charge in [-0.2, -0.15) is 0 Å². The number of halogens is 3. The van der Waals surface area contributed by atoms with Crippen molar-refractivity contribution in [1.29, 1.82) is 0 Å². The lowest BCUT2D eigenvalue weighted by Gasteiger charge is -2.18.